The predicted octanol–water partition coefficient (Wildman–Crippen LogP) is 3.79. The van der Waals surface area contributed by atoms with E-state index in [4.69, 9.17) is 4.74 Å². The molecule has 0 aliphatic carbocycles. The van der Waals surface area contributed by atoms with Gasteiger partial charge in [0, 0.05) is 19.2 Å². The third-order valence-electron chi connectivity index (χ3n) is 4.64. The van der Waals surface area contributed by atoms with Gasteiger partial charge in [-0.15, -0.1) is 11.8 Å². The summed E-state index contributed by atoms with van der Waals surface area (Å²) in [5, 5.41) is 11.1. The number of nitrogens with zero attached hydrogens (tertiary/aromatic N) is 2. The number of esters is 1. The Morgan fingerprint density at radius 1 is 1.21 bits per heavy atom. The Hall–Kier alpha value is -3.13. The van der Waals surface area contributed by atoms with Crippen LogP contribution < -0.4 is 0 Å². The topological polar surface area (TPSA) is 89.8 Å². The standard InChI is InChI=1S/C21H20N2O5S/c1-29-19-8-7-17(13-18(19)23(26)27)21(25)28-14-20(24)22-11-9-16(10-12-22)15-5-3-2-4-6-15/h2-9,13H,10-12,14H2,1H3. The second-order valence-electron chi connectivity index (χ2n) is 6.41. The molecule has 0 saturated carbocycles. The molecule has 0 bridgehead atoms. The SMILES string of the molecule is CSc1ccc(C(=O)OCC(=O)N2CC=C(c3ccccc3)CC2)cc1[N+](=O)[O-]. The first-order valence-corrected chi connectivity index (χ1v) is 10.2. The fourth-order valence-corrected chi connectivity index (χ4v) is 3.62. The van der Waals surface area contributed by atoms with Gasteiger partial charge in [-0.1, -0.05) is 36.4 Å². The number of amides is 1. The largest absolute Gasteiger partial charge is 0.452 e. The van der Waals surface area contributed by atoms with Gasteiger partial charge in [0.1, 0.15) is 0 Å². The lowest BCUT2D eigenvalue weighted by molar-refractivity contribution is -0.387. The number of hydrogen-bond acceptors (Lipinski definition) is 6. The Kier molecular flexibility index (Phi) is 6.66. The van der Waals surface area contributed by atoms with Gasteiger partial charge in [0.25, 0.3) is 11.6 Å². The molecular formula is C21H20N2O5S. The van der Waals surface area contributed by atoms with E-state index in [9.17, 15) is 19.7 Å². The fraction of sp³-hybridized carbons (Fsp3) is 0.238. The first-order valence-electron chi connectivity index (χ1n) is 9.01. The van der Waals surface area contributed by atoms with Crippen LogP contribution in [-0.4, -0.2) is 47.7 Å². The molecule has 0 spiro atoms. The van der Waals surface area contributed by atoms with Crippen LogP contribution in [0.3, 0.4) is 0 Å². The molecule has 0 fully saturated rings. The highest BCUT2D eigenvalue weighted by molar-refractivity contribution is 7.98. The molecule has 0 aromatic heterocycles. The Bertz CT molecular complexity index is 959. The zero-order chi connectivity index (χ0) is 20.8. The summed E-state index contributed by atoms with van der Waals surface area (Å²) < 4.78 is 5.08. The van der Waals surface area contributed by atoms with E-state index in [0.717, 1.165) is 12.0 Å². The molecule has 0 atom stereocenters. The van der Waals surface area contributed by atoms with E-state index in [-0.39, 0.29) is 17.2 Å². The molecule has 29 heavy (non-hydrogen) atoms. The highest BCUT2D eigenvalue weighted by Crippen LogP contribution is 2.28. The van der Waals surface area contributed by atoms with Gasteiger partial charge in [-0.25, -0.2) is 4.79 Å². The van der Waals surface area contributed by atoms with E-state index in [0.29, 0.717) is 18.0 Å². The molecule has 1 aliphatic rings. The van der Waals surface area contributed by atoms with Crippen molar-refractivity contribution in [2.45, 2.75) is 11.3 Å². The van der Waals surface area contributed by atoms with Crippen LogP contribution in [0.1, 0.15) is 22.3 Å². The van der Waals surface area contributed by atoms with Crippen molar-refractivity contribution in [1.82, 2.24) is 4.90 Å². The Balaban J connectivity index is 1.57. The molecule has 150 valence electrons. The maximum atomic E-state index is 12.4. The van der Waals surface area contributed by atoms with Gasteiger partial charge < -0.3 is 9.64 Å². The van der Waals surface area contributed by atoms with Crippen molar-refractivity contribution in [2.24, 2.45) is 0 Å². The number of rotatable bonds is 6. The second-order valence-corrected chi connectivity index (χ2v) is 7.25. The van der Waals surface area contributed by atoms with Crippen molar-refractivity contribution >= 4 is 34.9 Å². The zero-order valence-corrected chi connectivity index (χ0v) is 16.7. The predicted molar refractivity (Wildman–Crippen MR) is 111 cm³/mol. The van der Waals surface area contributed by atoms with Gasteiger partial charge >= 0.3 is 5.97 Å². The molecular weight excluding hydrogens is 392 g/mol. The molecule has 3 rings (SSSR count). The van der Waals surface area contributed by atoms with Crippen LogP contribution in [0, 0.1) is 10.1 Å². The number of ether oxygens (including phenoxy) is 1. The van der Waals surface area contributed by atoms with Gasteiger partial charge in [0.2, 0.25) is 0 Å². The molecule has 0 N–H and O–H groups in total. The summed E-state index contributed by atoms with van der Waals surface area (Å²) >= 11 is 1.22. The quantitative estimate of drug-likeness (QED) is 0.310. The van der Waals surface area contributed by atoms with E-state index in [1.807, 2.05) is 36.4 Å². The van der Waals surface area contributed by atoms with E-state index in [1.165, 1.54) is 35.5 Å². The minimum atomic E-state index is -0.758. The van der Waals surface area contributed by atoms with Gasteiger partial charge in [0.15, 0.2) is 6.61 Å². The fourth-order valence-electron chi connectivity index (χ4n) is 3.07. The van der Waals surface area contributed by atoms with Crippen molar-refractivity contribution in [3.05, 3.63) is 75.8 Å². The molecule has 1 aliphatic heterocycles. The van der Waals surface area contributed by atoms with Crippen LogP contribution >= 0.6 is 11.8 Å². The lowest BCUT2D eigenvalue weighted by Crippen LogP contribution is -2.37. The third-order valence-corrected chi connectivity index (χ3v) is 5.43. The number of benzene rings is 2. The highest BCUT2D eigenvalue weighted by Gasteiger charge is 2.21. The van der Waals surface area contributed by atoms with Crippen LogP contribution in [0.2, 0.25) is 0 Å². The maximum Gasteiger partial charge on any atom is 0.338 e. The van der Waals surface area contributed by atoms with E-state index in [1.54, 1.807) is 11.2 Å². The third kappa shape index (κ3) is 5.03. The lowest BCUT2D eigenvalue weighted by atomic mass is 10.00. The number of hydrogen-bond donors (Lipinski definition) is 0. The zero-order valence-electron chi connectivity index (χ0n) is 15.9. The molecule has 0 radical (unpaired) electrons. The molecule has 7 nitrogen and oxygen atoms in total. The summed E-state index contributed by atoms with van der Waals surface area (Å²) in [5.41, 5.74) is 2.22. The average molecular weight is 412 g/mol. The van der Waals surface area contributed by atoms with Crippen molar-refractivity contribution in [1.29, 1.82) is 0 Å². The smallest absolute Gasteiger partial charge is 0.338 e. The summed E-state index contributed by atoms with van der Waals surface area (Å²) in [4.78, 5) is 37.2. The van der Waals surface area contributed by atoms with E-state index < -0.39 is 17.5 Å². The summed E-state index contributed by atoms with van der Waals surface area (Å²) in [6, 6.07) is 14.1. The number of carbonyl (C=O) groups excluding carboxylic acids is 2. The van der Waals surface area contributed by atoms with Crippen LogP contribution in [0.5, 0.6) is 0 Å². The Labute approximate surface area is 172 Å². The van der Waals surface area contributed by atoms with Gasteiger partial charge in [-0.3, -0.25) is 14.9 Å². The molecule has 2 aromatic carbocycles. The lowest BCUT2D eigenvalue weighted by Gasteiger charge is -2.26. The van der Waals surface area contributed by atoms with Gasteiger partial charge in [-0.05, 0) is 35.9 Å². The minimum Gasteiger partial charge on any atom is -0.452 e. The Morgan fingerprint density at radius 3 is 2.59 bits per heavy atom. The van der Waals surface area contributed by atoms with Crippen LogP contribution in [-0.2, 0) is 9.53 Å². The highest BCUT2D eigenvalue weighted by atomic mass is 32.2. The number of nitro benzene ring substituents is 1. The van der Waals surface area contributed by atoms with Crippen LogP contribution in [0.15, 0.2) is 59.5 Å². The maximum absolute atomic E-state index is 12.4. The van der Waals surface area contributed by atoms with Crippen molar-refractivity contribution in [3.8, 4) is 0 Å². The molecule has 1 heterocycles. The van der Waals surface area contributed by atoms with Crippen LogP contribution in [0.4, 0.5) is 5.69 Å². The van der Waals surface area contributed by atoms with E-state index in [2.05, 4.69) is 0 Å². The van der Waals surface area contributed by atoms with Gasteiger partial charge in [0.05, 0.1) is 15.4 Å². The molecule has 0 unspecified atom stereocenters. The summed E-state index contributed by atoms with van der Waals surface area (Å²) in [6.07, 6.45) is 4.45. The first-order chi connectivity index (χ1) is 14.0. The molecule has 1 amide bonds. The van der Waals surface area contributed by atoms with Crippen molar-refractivity contribution in [3.63, 3.8) is 0 Å². The number of thioether (sulfide) groups is 1. The normalized spacial score (nSPS) is 13.6. The second kappa shape index (κ2) is 9.38. The first kappa shape index (κ1) is 20.6. The van der Waals surface area contributed by atoms with Crippen molar-refractivity contribution in [2.75, 3.05) is 26.0 Å². The average Bonchev–Trinajstić information content (AvgIpc) is 2.77. The number of carbonyl (C=O) groups is 2. The van der Waals surface area contributed by atoms with E-state index >= 15 is 0 Å². The van der Waals surface area contributed by atoms with Crippen molar-refractivity contribution < 1.29 is 19.2 Å². The monoisotopic (exact) mass is 412 g/mol. The molecule has 2 aromatic rings. The Morgan fingerprint density at radius 2 is 1.97 bits per heavy atom. The minimum absolute atomic E-state index is 0.0483. The summed E-state index contributed by atoms with van der Waals surface area (Å²) in [6.45, 7) is 0.602. The number of nitro groups is 1. The molecule has 0 saturated heterocycles. The molecule has 8 heteroatoms. The van der Waals surface area contributed by atoms with Crippen LogP contribution in [0.25, 0.3) is 5.57 Å². The van der Waals surface area contributed by atoms with Gasteiger partial charge in [-0.2, -0.15) is 0 Å². The summed E-state index contributed by atoms with van der Waals surface area (Å²) in [5.74, 6) is -1.05. The summed E-state index contributed by atoms with van der Waals surface area (Å²) in [7, 11) is 0.